The van der Waals surface area contributed by atoms with Gasteiger partial charge in [0.2, 0.25) is 0 Å². The number of hydrogen-bond donors (Lipinski definition) is 2. The van der Waals surface area contributed by atoms with Gasteiger partial charge >= 0.3 is 0 Å². The Balaban J connectivity index is 0.00000300. The minimum Gasteiger partial charge on any atom is -0.377 e. The van der Waals surface area contributed by atoms with Crippen molar-refractivity contribution in [2.45, 2.75) is 52.6 Å². The van der Waals surface area contributed by atoms with Crippen LogP contribution < -0.4 is 10.6 Å². The summed E-state index contributed by atoms with van der Waals surface area (Å²) in [7, 11) is 1.82. The van der Waals surface area contributed by atoms with Gasteiger partial charge in [-0.2, -0.15) is 0 Å². The largest absolute Gasteiger partial charge is 0.377 e. The van der Waals surface area contributed by atoms with Crippen molar-refractivity contribution in [3.8, 4) is 0 Å². The Labute approximate surface area is 191 Å². The van der Waals surface area contributed by atoms with Crippen LogP contribution in [0, 0.1) is 11.3 Å². The molecule has 0 aromatic carbocycles. The van der Waals surface area contributed by atoms with E-state index in [1.54, 1.807) is 0 Å². The summed E-state index contributed by atoms with van der Waals surface area (Å²) in [5, 5.41) is 15.4. The molecule has 2 aromatic heterocycles. The van der Waals surface area contributed by atoms with Gasteiger partial charge < -0.3 is 15.4 Å². The van der Waals surface area contributed by atoms with Crippen molar-refractivity contribution in [3.63, 3.8) is 0 Å². The maximum atomic E-state index is 6.08. The highest BCUT2D eigenvalue weighted by Crippen LogP contribution is 2.33. The molecular weight excluding hydrogens is 479 g/mol. The van der Waals surface area contributed by atoms with Crippen LogP contribution in [0.3, 0.4) is 0 Å². The number of nitrogens with one attached hydrogen (secondary N) is 2. The van der Waals surface area contributed by atoms with Crippen LogP contribution in [0.25, 0.3) is 5.65 Å². The first-order chi connectivity index (χ1) is 13.5. The van der Waals surface area contributed by atoms with Crippen molar-refractivity contribution in [1.82, 2.24) is 25.2 Å². The highest BCUT2D eigenvalue weighted by atomic mass is 127. The lowest BCUT2D eigenvalue weighted by Gasteiger charge is -2.40. The molecule has 0 spiro atoms. The third kappa shape index (κ3) is 6.53. The van der Waals surface area contributed by atoms with Gasteiger partial charge in [0.15, 0.2) is 11.6 Å². The van der Waals surface area contributed by atoms with Crippen molar-refractivity contribution >= 4 is 35.6 Å². The number of fused-ring (bicyclic) bond motifs is 1. The van der Waals surface area contributed by atoms with Crippen molar-refractivity contribution in [1.29, 1.82) is 0 Å². The number of halogens is 1. The van der Waals surface area contributed by atoms with Crippen molar-refractivity contribution in [3.05, 3.63) is 30.2 Å². The van der Waals surface area contributed by atoms with E-state index in [-0.39, 0.29) is 35.5 Å². The van der Waals surface area contributed by atoms with Gasteiger partial charge in [0.1, 0.15) is 5.82 Å². The highest BCUT2D eigenvalue weighted by molar-refractivity contribution is 14.0. The lowest BCUT2D eigenvalue weighted by Crippen LogP contribution is -2.47. The summed E-state index contributed by atoms with van der Waals surface area (Å²) in [5.74, 6) is 2.35. The van der Waals surface area contributed by atoms with E-state index in [1.807, 2.05) is 35.8 Å². The van der Waals surface area contributed by atoms with Gasteiger partial charge in [-0.1, -0.05) is 26.8 Å². The third-order valence-corrected chi connectivity index (χ3v) is 5.31. The highest BCUT2D eigenvalue weighted by Gasteiger charge is 2.35. The number of hydrogen-bond acceptors (Lipinski definition) is 4. The number of aliphatic imine (C=N–C) groups is 1. The van der Waals surface area contributed by atoms with E-state index >= 15 is 0 Å². The zero-order valence-corrected chi connectivity index (χ0v) is 20.3. The number of aryl methyl sites for hydroxylation is 1. The van der Waals surface area contributed by atoms with Gasteiger partial charge in [-0.05, 0) is 36.8 Å². The van der Waals surface area contributed by atoms with Gasteiger partial charge in [0, 0.05) is 45.3 Å². The van der Waals surface area contributed by atoms with Crippen LogP contribution in [0.4, 0.5) is 0 Å². The van der Waals surface area contributed by atoms with Crippen LogP contribution in [0.15, 0.2) is 29.4 Å². The molecule has 2 atom stereocenters. The first kappa shape index (κ1) is 23.9. The van der Waals surface area contributed by atoms with Gasteiger partial charge in [-0.25, -0.2) is 0 Å². The molecule has 2 unspecified atom stereocenters. The molecule has 2 N–H and O–H groups in total. The Bertz CT molecular complexity index is 785. The number of pyridine rings is 1. The van der Waals surface area contributed by atoms with E-state index in [9.17, 15) is 0 Å². The molecule has 0 radical (unpaired) electrons. The molecule has 162 valence electrons. The zero-order valence-electron chi connectivity index (χ0n) is 18.0. The van der Waals surface area contributed by atoms with Gasteiger partial charge in [-0.15, -0.1) is 34.2 Å². The lowest BCUT2D eigenvalue weighted by atomic mass is 9.78. The predicted molar refractivity (Wildman–Crippen MR) is 128 cm³/mol. The standard InChI is InChI=1S/C21H34N6O.HI/c1-21(2,3)19-16(9-8-14-28-19)15-24-20(22-4)23-12-7-11-18-26-25-17-10-5-6-13-27(17)18;/h5-6,10,13,16,19H,7-9,11-12,14-15H2,1-4H3,(H2,22,23,24);1H. The molecule has 1 aliphatic heterocycles. The SMILES string of the molecule is CN=C(NCCCc1nnc2ccccn12)NCC1CCCOC1C(C)(C)C.I. The monoisotopic (exact) mass is 514 g/mol. The summed E-state index contributed by atoms with van der Waals surface area (Å²) >= 11 is 0. The molecule has 1 aliphatic rings. The second-order valence-corrected chi connectivity index (χ2v) is 8.59. The summed E-state index contributed by atoms with van der Waals surface area (Å²) in [6.45, 7) is 9.39. The molecule has 0 aliphatic carbocycles. The molecule has 0 saturated carbocycles. The first-order valence-corrected chi connectivity index (χ1v) is 10.3. The fourth-order valence-corrected chi connectivity index (χ4v) is 3.97. The molecule has 3 rings (SSSR count). The summed E-state index contributed by atoms with van der Waals surface area (Å²) in [6, 6.07) is 5.95. The van der Waals surface area contributed by atoms with Crippen LogP contribution >= 0.6 is 24.0 Å². The molecule has 1 saturated heterocycles. The molecule has 0 bridgehead atoms. The van der Waals surface area contributed by atoms with Gasteiger partial charge in [0.05, 0.1) is 6.10 Å². The van der Waals surface area contributed by atoms with Crippen molar-refractivity contribution in [2.75, 3.05) is 26.7 Å². The Kier molecular flexibility index (Phi) is 9.13. The number of nitrogens with zero attached hydrogens (tertiary/aromatic N) is 4. The maximum absolute atomic E-state index is 6.08. The predicted octanol–water partition coefficient (Wildman–Crippen LogP) is 3.29. The number of rotatable bonds is 6. The van der Waals surface area contributed by atoms with E-state index in [4.69, 9.17) is 4.74 Å². The van der Waals surface area contributed by atoms with E-state index in [0.29, 0.717) is 5.92 Å². The molecule has 3 heterocycles. The molecule has 1 fully saturated rings. The summed E-state index contributed by atoms with van der Waals surface area (Å²) in [6.07, 6.45) is 6.47. The Morgan fingerprint density at radius 1 is 1.28 bits per heavy atom. The average molecular weight is 514 g/mol. The molecule has 0 amide bonds. The van der Waals surface area contributed by atoms with E-state index in [2.05, 4.69) is 46.6 Å². The second-order valence-electron chi connectivity index (χ2n) is 8.59. The summed E-state index contributed by atoms with van der Waals surface area (Å²) in [4.78, 5) is 4.36. The normalized spacial score (nSPS) is 20.3. The van der Waals surface area contributed by atoms with Gasteiger partial charge in [-0.3, -0.25) is 9.39 Å². The first-order valence-electron chi connectivity index (χ1n) is 10.3. The van der Waals surface area contributed by atoms with E-state index < -0.39 is 0 Å². The maximum Gasteiger partial charge on any atom is 0.190 e. The molecule has 8 heteroatoms. The van der Waals surface area contributed by atoms with Crippen LogP contribution in [-0.2, 0) is 11.2 Å². The summed E-state index contributed by atoms with van der Waals surface area (Å²) in [5.41, 5.74) is 1.05. The Morgan fingerprint density at radius 2 is 2.10 bits per heavy atom. The van der Waals surface area contributed by atoms with E-state index in [0.717, 1.165) is 56.4 Å². The van der Waals surface area contributed by atoms with Crippen LogP contribution in [0.5, 0.6) is 0 Å². The fraction of sp³-hybridized carbons (Fsp3) is 0.667. The number of guanidine groups is 1. The van der Waals surface area contributed by atoms with Crippen LogP contribution in [0.1, 0.15) is 45.9 Å². The molecule has 29 heavy (non-hydrogen) atoms. The van der Waals surface area contributed by atoms with Crippen molar-refractivity contribution < 1.29 is 4.74 Å². The molecule has 2 aromatic rings. The Morgan fingerprint density at radius 3 is 2.86 bits per heavy atom. The van der Waals surface area contributed by atoms with Crippen molar-refractivity contribution in [2.24, 2.45) is 16.3 Å². The number of ether oxygens (including phenoxy) is 1. The topological polar surface area (TPSA) is 75.8 Å². The lowest BCUT2D eigenvalue weighted by molar-refractivity contribution is -0.0835. The smallest absolute Gasteiger partial charge is 0.190 e. The molecular formula is C21H35IN6O. The van der Waals surface area contributed by atoms with Crippen LogP contribution in [-0.4, -0.2) is 53.4 Å². The Hall–Kier alpha value is -1.42. The quantitative estimate of drug-likeness (QED) is 0.268. The number of aromatic nitrogens is 3. The second kappa shape index (κ2) is 11.1. The minimum absolute atomic E-state index is 0. The minimum atomic E-state index is 0. The molecule has 7 nitrogen and oxygen atoms in total. The van der Waals surface area contributed by atoms with Crippen LogP contribution in [0.2, 0.25) is 0 Å². The zero-order chi connectivity index (χ0) is 20.0. The third-order valence-electron chi connectivity index (χ3n) is 5.31. The average Bonchev–Trinajstić information content (AvgIpc) is 3.10. The fourth-order valence-electron chi connectivity index (χ4n) is 3.97. The van der Waals surface area contributed by atoms with Gasteiger partial charge in [0.25, 0.3) is 0 Å². The summed E-state index contributed by atoms with van der Waals surface area (Å²) < 4.78 is 8.12. The van der Waals surface area contributed by atoms with E-state index in [1.165, 1.54) is 6.42 Å².